The second-order valence-corrected chi connectivity index (χ2v) is 6.27. The van der Waals surface area contributed by atoms with Gasteiger partial charge >= 0.3 is 0 Å². The molecule has 7 heteroatoms. The van der Waals surface area contributed by atoms with Gasteiger partial charge in [-0.15, -0.1) is 0 Å². The molecule has 0 aliphatic carbocycles. The second-order valence-electron chi connectivity index (χ2n) is 6.27. The maximum atomic E-state index is 12.3. The highest BCUT2D eigenvalue weighted by Gasteiger charge is 2.32. The monoisotopic (exact) mass is 333 g/mol. The standard InChI is InChI=1S/C17H23N3O4/c1-19(2)17(22)13-4-3-7-20(13)11-16(21)18-12-5-6-14-15(10-12)24-9-8-23-14/h5-6,10,13H,3-4,7-9,11H2,1-2H3,(H,18,21). The van der Waals surface area contributed by atoms with Crippen LogP contribution in [-0.2, 0) is 9.59 Å². The molecule has 2 aliphatic rings. The summed E-state index contributed by atoms with van der Waals surface area (Å²) >= 11 is 0. The fraction of sp³-hybridized carbons (Fsp3) is 0.529. The number of amides is 2. The Bertz CT molecular complexity index is 632. The lowest BCUT2D eigenvalue weighted by atomic mass is 10.2. The Kier molecular flexibility index (Phi) is 4.89. The minimum atomic E-state index is -0.203. The van der Waals surface area contributed by atoms with Gasteiger partial charge in [0, 0.05) is 25.8 Å². The quantitative estimate of drug-likeness (QED) is 0.888. The molecular weight excluding hydrogens is 310 g/mol. The minimum absolute atomic E-state index is 0.0552. The Balaban J connectivity index is 1.60. The summed E-state index contributed by atoms with van der Waals surface area (Å²) in [5.74, 6) is 1.25. The van der Waals surface area contributed by atoms with E-state index in [2.05, 4.69) is 5.32 Å². The lowest BCUT2D eigenvalue weighted by Gasteiger charge is -2.25. The Morgan fingerprint density at radius 2 is 2.00 bits per heavy atom. The number of likely N-dealkylation sites (tertiary alicyclic amines) is 1. The van der Waals surface area contributed by atoms with Crippen LogP contribution in [0.4, 0.5) is 5.69 Å². The number of nitrogens with zero attached hydrogens (tertiary/aromatic N) is 2. The van der Waals surface area contributed by atoms with Crippen molar-refractivity contribution >= 4 is 17.5 Å². The van der Waals surface area contributed by atoms with Gasteiger partial charge in [-0.3, -0.25) is 14.5 Å². The van der Waals surface area contributed by atoms with Crippen LogP contribution in [0.1, 0.15) is 12.8 Å². The number of likely N-dealkylation sites (N-methyl/N-ethyl adjacent to an activating group) is 1. The summed E-state index contributed by atoms with van der Waals surface area (Å²) in [5, 5.41) is 2.87. The molecule has 0 aromatic heterocycles. The van der Waals surface area contributed by atoms with Gasteiger partial charge in [-0.1, -0.05) is 0 Å². The fourth-order valence-electron chi connectivity index (χ4n) is 3.10. The van der Waals surface area contributed by atoms with Crippen molar-refractivity contribution in [3.05, 3.63) is 18.2 Å². The van der Waals surface area contributed by atoms with Crippen molar-refractivity contribution in [2.75, 3.05) is 45.7 Å². The molecule has 0 bridgehead atoms. The number of anilines is 1. The van der Waals surface area contributed by atoms with Gasteiger partial charge < -0.3 is 19.7 Å². The molecular formula is C17H23N3O4. The number of rotatable bonds is 4. The zero-order valence-corrected chi connectivity index (χ0v) is 14.1. The van der Waals surface area contributed by atoms with Gasteiger partial charge in [-0.2, -0.15) is 0 Å². The van der Waals surface area contributed by atoms with Gasteiger partial charge in [-0.25, -0.2) is 0 Å². The lowest BCUT2D eigenvalue weighted by Crippen LogP contribution is -2.45. The summed E-state index contributed by atoms with van der Waals surface area (Å²) in [5.41, 5.74) is 0.666. The van der Waals surface area contributed by atoms with Crippen LogP contribution < -0.4 is 14.8 Å². The third-order valence-electron chi connectivity index (χ3n) is 4.26. The number of carbonyl (C=O) groups excluding carboxylic acids is 2. The molecule has 0 radical (unpaired) electrons. The van der Waals surface area contributed by atoms with Crippen molar-refractivity contribution in [3.63, 3.8) is 0 Å². The first-order chi connectivity index (χ1) is 11.5. The molecule has 3 rings (SSSR count). The zero-order chi connectivity index (χ0) is 17.1. The van der Waals surface area contributed by atoms with E-state index in [1.54, 1.807) is 37.2 Å². The van der Waals surface area contributed by atoms with Crippen LogP contribution in [0.25, 0.3) is 0 Å². The highest BCUT2D eigenvalue weighted by Crippen LogP contribution is 2.32. The molecule has 2 amide bonds. The van der Waals surface area contributed by atoms with Gasteiger partial charge in [0.2, 0.25) is 11.8 Å². The van der Waals surface area contributed by atoms with E-state index in [9.17, 15) is 9.59 Å². The van der Waals surface area contributed by atoms with E-state index in [0.29, 0.717) is 30.4 Å². The second kappa shape index (κ2) is 7.09. The van der Waals surface area contributed by atoms with Gasteiger partial charge in [-0.05, 0) is 31.5 Å². The van der Waals surface area contributed by atoms with Crippen molar-refractivity contribution in [2.45, 2.75) is 18.9 Å². The molecule has 1 aromatic rings. The van der Waals surface area contributed by atoms with Gasteiger partial charge in [0.1, 0.15) is 13.2 Å². The van der Waals surface area contributed by atoms with Crippen LogP contribution in [0.3, 0.4) is 0 Å². The summed E-state index contributed by atoms with van der Waals surface area (Å²) in [7, 11) is 3.49. The van der Waals surface area contributed by atoms with E-state index in [1.807, 2.05) is 4.90 Å². The van der Waals surface area contributed by atoms with Gasteiger partial charge in [0.15, 0.2) is 11.5 Å². The number of nitrogens with one attached hydrogen (secondary N) is 1. The van der Waals surface area contributed by atoms with Crippen molar-refractivity contribution in [1.29, 1.82) is 0 Å². The van der Waals surface area contributed by atoms with E-state index in [-0.39, 0.29) is 24.4 Å². The predicted molar refractivity (Wildman–Crippen MR) is 89.4 cm³/mol. The Morgan fingerprint density at radius 3 is 2.75 bits per heavy atom. The maximum absolute atomic E-state index is 12.3. The van der Waals surface area contributed by atoms with Crippen LogP contribution in [-0.4, -0.2) is 68.1 Å². The summed E-state index contributed by atoms with van der Waals surface area (Å²) in [6, 6.07) is 5.14. The van der Waals surface area contributed by atoms with Crippen LogP contribution in [0.5, 0.6) is 11.5 Å². The van der Waals surface area contributed by atoms with Crippen LogP contribution >= 0.6 is 0 Å². The molecule has 24 heavy (non-hydrogen) atoms. The number of ether oxygens (including phenoxy) is 2. The first kappa shape index (κ1) is 16.6. The number of fused-ring (bicyclic) bond motifs is 1. The first-order valence-electron chi connectivity index (χ1n) is 8.19. The summed E-state index contributed by atoms with van der Waals surface area (Å²) in [6.45, 7) is 2.01. The third kappa shape index (κ3) is 3.62. The van der Waals surface area contributed by atoms with Crippen molar-refractivity contribution < 1.29 is 19.1 Å². The largest absolute Gasteiger partial charge is 0.486 e. The molecule has 1 atom stereocenters. The highest BCUT2D eigenvalue weighted by atomic mass is 16.6. The van der Waals surface area contributed by atoms with Gasteiger partial charge in [0.25, 0.3) is 0 Å². The molecule has 1 saturated heterocycles. The van der Waals surface area contributed by atoms with Gasteiger partial charge in [0.05, 0.1) is 12.6 Å². The minimum Gasteiger partial charge on any atom is -0.486 e. The predicted octanol–water partition coefficient (Wildman–Crippen LogP) is 0.949. The molecule has 1 N–H and O–H groups in total. The summed E-state index contributed by atoms with van der Waals surface area (Å²) in [4.78, 5) is 28.0. The number of carbonyl (C=O) groups is 2. The molecule has 130 valence electrons. The molecule has 7 nitrogen and oxygen atoms in total. The Hall–Kier alpha value is -2.28. The average Bonchev–Trinajstić information content (AvgIpc) is 3.01. The van der Waals surface area contributed by atoms with Crippen LogP contribution in [0.2, 0.25) is 0 Å². The number of hydrogen-bond acceptors (Lipinski definition) is 5. The fourth-order valence-corrected chi connectivity index (χ4v) is 3.10. The van der Waals surface area contributed by atoms with E-state index in [1.165, 1.54) is 0 Å². The SMILES string of the molecule is CN(C)C(=O)C1CCCN1CC(=O)Nc1ccc2c(c1)OCCO2. The van der Waals surface area contributed by atoms with Crippen LogP contribution in [0.15, 0.2) is 18.2 Å². The number of benzene rings is 1. The molecule has 0 saturated carbocycles. The first-order valence-corrected chi connectivity index (χ1v) is 8.19. The molecule has 1 aromatic carbocycles. The smallest absolute Gasteiger partial charge is 0.239 e. The van der Waals surface area contributed by atoms with E-state index in [0.717, 1.165) is 19.4 Å². The van der Waals surface area contributed by atoms with E-state index < -0.39 is 0 Å². The normalized spacial score (nSPS) is 19.8. The Morgan fingerprint density at radius 1 is 1.25 bits per heavy atom. The molecule has 0 spiro atoms. The van der Waals surface area contributed by atoms with Crippen molar-refractivity contribution in [3.8, 4) is 11.5 Å². The summed E-state index contributed by atoms with van der Waals surface area (Å²) < 4.78 is 11.0. The zero-order valence-electron chi connectivity index (χ0n) is 14.1. The van der Waals surface area contributed by atoms with E-state index in [4.69, 9.17) is 9.47 Å². The average molecular weight is 333 g/mol. The molecule has 1 unspecified atom stereocenters. The van der Waals surface area contributed by atoms with E-state index >= 15 is 0 Å². The topological polar surface area (TPSA) is 71.1 Å². The third-order valence-corrected chi connectivity index (χ3v) is 4.26. The highest BCUT2D eigenvalue weighted by molar-refractivity contribution is 5.93. The molecule has 1 fully saturated rings. The van der Waals surface area contributed by atoms with Crippen molar-refractivity contribution in [1.82, 2.24) is 9.80 Å². The lowest BCUT2D eigenvalue weighted by molar-refractivity contribution is -0.133. The number of hydrogen-bond donors (Lipinski definition) is 1. The van der Waals surface area contributed by atoms with Crippen molar-refractivity contribution in [2.24, 2.45) is 0 Å². The molecule has 2 heterocycles. The maximum Gasteiger partial charge on any atom is 0.239 e. The Labute approximate surface area is 141 Å². The molecule has 2 aliphatic heterocycles. The summed E-state index contributed by atoms with van der Waals surface area (Å²) in [6.07, 6.45) is 1.73. The van der Waals surface area contributed by atoms with Crippen LogP contribution in [0, 0.1) is 0 Å².